The average molecular weight is 380 g/mol. The molecule has 1 radical (unpaired) electrons. The minimum Gasteiger partial charge on any atom is -0.421 e. The van der Waals surface area contributed by atoms with Gasteiger partial charge in [-0.25, -0.2) is 0 Å². The highest BCUT2D eigenvalue weighted by Crippen LogP contribution is 2.47. The van der Waals surface area contributed by atoms with Crippen molar-refractivity contribution in [3.8, 4) is 0 Å². The summed E-state index contributed by atoms with van der Waals surface area (Å²) in [5.41, 5.74) is 0. The summed E-state index contributed by atoms with van der Waals surface area (Å²) in [5, 5.41) is 0.497. The van der Waals surface area contributed by atoms with Crippen molar-refractivity contribution in [2.24, 2.45) is 0 Å². The standard InChI is InChI=1S/C15H39O3Si4/c1-14(2,3)20(10,11)19(16-7)22(17-8,18-9)21(12,13)15(4,5)6/h1-13H3. The lowest BCUT2D eigenvalue weighted by atomic mass is 10.2. The summed E-state index contributed by atoms with van der Waals surface area (Å²) < 4.78 is 19.0. The third-order valence-electron chi connectivity index (χ3n) is 6.22. The lowest BCUT2D eigenvalue weighted by Gasteiger charge is -2.54. The predicted molar refractivity (Wildman–Crippen MR) is 107 cm³/mol. The molecule has 0 N–H and O–H groups in total. The first-order valence-corrected chi connectivity index (χ1v) is 20.3. The molecule has 0 aromatic heterocycles. The van der Waals surface area contributed by atoms with Crippen LogP contribution < -0.4 is 0 Å². The third kappa shape index (κ3) is 3.55. The van der Waals surface area contributed by atoms with E-state index in [-0.39, 0.29) is 10.1 Å². The van der Waals surface area contributed by atoms with Crippen LogP contribution in [-0.4, -0.2) is 52.2 Å². The van der Waals surface area contributed by atoms with Gasteiger partial charge in [-0.15, -0.1) is 0 Å². The summed E-state index contributed by atoms with van der Waals surface area (Å²) in [6.07, 6.45) is 0. The highest BCUT2D eigenvalue weighted by Gasteiger charge is 2.69. The molecule has 0 amide bonds. The van der Waals surface area contributed by atoms with Crippen LogP contribution in [0.25, 0.3) is 0 Å². The predicted octanol–water partition coefficient (Wildman–Crippen LogP) is 4.61. The van der Waals surface area contributed by atoms with Gasteiger partial charge in [-0.2, -0.15) is 0 Å². The second kappa shape index (κ2) is 6.93. The van der Waals surface area contributed by atoms with Crippen LogP contribution in [0, 0.1) is 0 Å². The van der Waals surface area contributed by atoms with E-state index in [2.05, 4.69) is 67.7 Å². The fourth-order valence-electron chi connectivity index (χ4n) is 2.70. The molecule has 0 fully saturated rings. The van der Waals surface area contributed by atoms with Gasteiger partial charge in [-0.3, -0.25) is 0 Å². The topological polar surface area (TPSA) is 27.7 Å². The molecule has 0 bridgehead atoms. The first-order chi connectivity index (χ1) is 9.56. The van der Waals surface area contributed by atoms with Gasteiger partial charge in [0, 0.05) is 21.3 Å². The van der Waals surface area contributed by atoms with Gasteiger partial charge < -0.3 is 13.3 Å². The Labute approximate surface area is 143 Å². The van der Waals surface area contributed by atoms with E-state index in [0.29, 0.717) is 0 Å². The molecule has 0 saturated heterocycles. The zero-order valence-electron chi connectivity index (χ0n) is 17.2. The van der Waals surface area contributed by atoms with Crippen LogP contribution in [0.1, 0.15) is 41.5 Å². The van der Waals surface area contributed by atoms with E-state index in [1.54, 1.807) is 0 Å². The Morgan fingerprint density at radius 3 is 1.23 bits per heavy atom. The molecule has 0 aliphatic heterocycles. The van der Waals surface area contributed by atoms with Gasteiger partial charge in [-0.05, 0) is 10.1 Å². The summed E-state index contributed by atoms with van der Waals surface area (Å²) in [6.45, 7) is 24.0. The van der Waals surface area contributed by atoms with Crippen molar-refractivity contribution in [2.75, 3.05) is 21.3 Å². The van der Waals surface area contributed by atoms with Crippen LogP contribution in [0.2, 0.25) is 36.3 Å². The Balaban J connectivity index is 6.36. The molecule has 0 saturated carbocycles. The van der Waals surface area contributed by atoms with Gasteiger partial charge >= 0.3 is 7.60 Å². The fourth-order valence-corrected chi connectivity index (χ4v) is 62.7. The van der Waals surface area contributed by atoms with E-state index >= 15 is 0 Å². The Bertz CT molecular complexity index is 366. The van der Waals surface area contributed by atoms with Gasteiger partial charge in [0.1, 0.15) is 7.59 Å². The molecule has 0 spiro atoms. The Kier molecular flexibility index (Phi) is 7.17. The molecule has 22 heavy (non-hydrogen) atoms. The number of rotatable bonds is 6. The van der Waals surface area contributed by atoms with Gasteiger partial charge in [0.05, 0.1) is 7.59 Å². The van der Waals surface area contributed by atoms with Crippen molar-refractivity contribution in [1.29, 1.82) is 0 Å². The van der Waals surface area contributed by atoms with Crippen molar-refractivity contribution >= 4 is 30.9 Å². The maximum Gasteiger partial charge on any atom is 0.324 e. The van der Waals surface area contributed by atoms with Gasteiger partial charge in [-0.1, -0.05) is 67.7 Å². The SMILES string of the molecule is CO[Si]([Si](C)(C)C(C)(C)C)[Si](OC)(OC)[Si](C)(C)C(C)(C)C. The Hall–Kier alpha value is 0.748. The van der Waals surface area contributed by atoms with Crippen molar-refractivity contribution < 1.29 is 13.3 Å². The minimum atomic E-state index is -2.40. The molecule has 0 aromatic rings. The fraction of sp³-hybridized carbons (Fsp3) is 1.00. The van der Waals surface area contributed by atoms with E-state index < -0.39 is 30.9 Å². The number of hydrogen-bond donors (Lipinski definition) is 0. The molecule has 0 atom stereocenters. The van der Waals surface area contributed by atoms with Gasteiger partial charge in [0.15, 0.2) is 0 Å². The van der Waals surface area contributed by atoms with Crippen molar-refractivity contribution in [1.82, 2.24) is 0 Å². The maximum absolute atomic E-state index is 6.35. The smallest absolute Gasteiger partial charge is 0.324 e. The highest BCUT2D eigenvalue weighted by atomic mass is 29.8. The molecular weight excluding hydrogens is 341 g/mol. The van der Waals surface area contributed by atoms with Crippen LogP contribution >= 0.6 is 0 Å². The second-order valence-electron chi connectivity index (χ2n) is 9.31. The molecule has 7 heteroatoms. The van der Waals surface area contributed by atoms with Crippen LogP contribution in [0.3, 0.4) is 0 Å². The summed E-state index contributed by atoms with van der Waals surface area (Å²) in [6, 6.07) is 0. The molecule has 0 aromatic carbocycles. The zero-order valence-corrected chi connectivity index (χ0v) is 21.2. The molecule has 0 aliphatic carbocycles. The monoisotopic (exact) mass is 379 g/mol. The molecule has 0 heterocycles. The molecule has 3 nitrogen and oxygen atoms in total. The summed E-state index contributed by atoms with van der Waals surface area (Å²) >= 11 is 0. The van der Waals surface area contributed by atoms with E-state index in [1.165, 1.54) is 0 Å². The largest absolute Gasteiger partial charge is 0.421 e. The van der Waals surface area contributed by atoms with E-state index in [0.717, 1.165) is 0 Å². The molecule has 0 aliphatic rings. The first-order valence-electron chi connectivity index (χ1n) is 8.09. The van der Waals surface area contributed by atoms with Crippen LogP contribution in [0.4, 0.5) is 0 Å². The Morgan fingerprint density at radius 2 is 1.05 bits per heavy atom. The van der Waals surface area contributed by atoms with Crippen molar-refractivity contribution in [3.63, 3.8) is 0 Å². The zero-order chi connectivity index (χ0) is 18.2. The van der Waals surface area contributed by atoms with E-state index in [9.17, 15) is 0 Å². The second-order valence-corrected chi connectivity index (χ2v) is 39.1. The molecule has 133 valence electrons. The summed E-state index contributed by atoms with van der Waals surface area (Å²) in [7, 11) is -1.42. The maximum atomic E-state index is 6.35. The third-order valence-corrected chi connectivity index (χ3v) is 55.5. The minimum absolute atomic E-state index is 0.224. The summed E-state index contributed by atoms with van der Waals surface area (Å²) in [4.78, 5) is 0. The Morgan fingerprint density at radius 1 is 0.682 bits per heavy atom. The van der Waals surface area contributed by atoms with Crippen molar-refractivity contribution in [3.05, 3.63) is 0 Å². The van der Waals surface area contributed by atoms with E-state index in [1.807, 2.05) is 21.3 Å². The molecule has 0 unspecified atom stereocenters. The first kappa shape index (κ1) is 22.7. The molecular formula is C15H39O3Si4. The highest BCUT2D eigenvalue weighted by molar-refractivity contribution is 7.73. The van der Waals surface area contributed by atoms with Crippen LogP contribution in [0.15, 0.2) is 0 Å². The lowest BCUT2D eigenvalue weighted by molar-refractivity contribution is 0.271. The van der Waals surface area contributed by atoms with E-state index in [4.69, 9.17) is 13.3 Å². The van der Waals surface area contributed by atoms with Crippen molar-refractivity contribution in [2.45, 2.75) is 77.8 Å². The van der Waals surface area contributed by atoms with Crippen LogP contribution in [-0.2, 0) is 13.3 Å². The van der Waals surface area contributed by atoms with Crippen LogP contribution in [0.5, 0.6) is 0 Å². The quantitative estimate of drug-likeness (QED) is 0.631. The normalized spacial score (nSPS) is 15.5. The lowest BCUT2D eigenvalue weighted by Crippen LogP contribution is -2.82. The average Bonchev–Trinajstić information content (AvgIpc) is 2.32. The molecule has 0 rings (SSSR count). The van der Waals surface area contributed by atoms with Gasteiger partial charge in [0.25, 0.3) is 0 Å². The summed E-state index contributed by atoms with van der Waals surface area (Å²) in [5.74, 6) is 0. The van der Waals surface area contributed by atoms with Gasteiger partial charge in [0.2, 0.25) is 8.08 Å². The number of hydrogen-bond acceptors (Lipinski definition) is 3.